The summed E-state index contributed by atoms with van der Waals surface area (Å²) >= 11 is 0. The van der Waals surface area contributed by atoms with Crippen molar-refractivity contribution in [3.8, 4) is 0 Å². The molecule has 0 aromatic heterocycles. The van der Waals surface area contributed by atoms with Gasteiger partial charge in [0.15, 0.2) is 0 Å². The van der Waals surface area contributed by atoms with E-state index in [1.807, 2.05) is 18.0 Å². The molecular weight excluding hydrogens is 460 g/mol. The predicted molar refractivity (Wildman–Crippen MR) is 136 cm³/mol. The Balaban J connectivity index is 1.27. The first kappa shape index (κ1) is 26.3. The third kappa shape index (κ3) is 7.36. The van der Waals surface area contributed by atoms with E-state index < -0.39 is 0 Å². The fourth-order valence-electron chi connectivity index (χ4n) is 5.23. The zero-order valence-corrected chi connectivity index (χ0v) is 21.1. The molecule has 4 rings (SSSR count). The quantitative estimate of drug-likeness (QED) is 0.510. The van der Waals surface area contributed by atoms with Crippen molar-refractivity contribution in [2.75, 3.05) is 26.7 Å². The van der Waals surface area contributed by atoms with Crippen LogP contribution >= 0.6 is 0 Å². The number of carbonyl (C=O) groups is 2. The van der Waals surface area contributed by atoms with Gasteiger partial charge in [0.25, 0.3) is 0 Å². The maximum atomic E-state index is 14.0. The number of benzene rings is 2. The van der Waals surface area contributed by atoms with Gasteiger partial charge in [-0.25, -0.2) is 8.78 Å². The standard InChI is InChI=1S/C29H37F2N3O2/c1-33(29(36)19-21-4-2-5-21)27(23-6-3-7-25(31)20-23)14-17-34-15-12-26(13-16-34)32-28(35)18-22-8-10-24(30)11-9-22/h3,6-11,20-21,26-27H,2,4-5,12-19H2,1H3,(H,32,35)/t27-/m0/s1. The molecule has 36 heavy (non-hydrogen) atoms. The maximum Gasteiger partial charge on any atom is 0.224 e. The summed E-state index contributed by atoms with van der Waals surface area (Å²) in [7, 11) is 1.85. The van der Waals surface area contributed by atoms with Crippen LogP contribution in [0.4, 0.5) is 8.78 Å². The summed E-state index contributed by atoms with van der Waals surface area (Å²) in [4.78, 5) is 29.5. The lowest BCUT2D eigenvalue weighted by molar-refractivity contribution is -0.134. The Morgan fingerprint density at radius 2 is 1.75 bits per heavy atom. The number of carbonyl (C=O) groups excluding carboxylic acids is 2. The van der Waals surface area contributed by atoms with E-state index in [0.717, 1.165) is 62.9 Å². The van der Waals surface area contributed by atoms with Crippen LogP contribution in [0.5, 0.6) is 0 Å². The number of hydrogen-bond donors (Lipinski definition) is 1. The van der Waals surface area contributed by atoms with E-state index in [0.29, 0.717) is 12.3 Å². The van der Waals surface area contributed by atoms with Crippen LogP contribution in [-0.4, -0.2) is 54.3 Å². The predicted octanol–water partition coefficient (Wildman–Crippen LogP) is 4.87. The van der Waals surface area contributed by atoms with E-state index in [9.17, 15) is 18.4 Å². The van der Waals surface area contributed by atoms with Gasteiger partial charge in [0.2, 0.25) is 11.8 Å². The third-order valence-electron chi connectivity index (χ3n) is 7.73. The van der Waals surface area contributed by atoms with E-state index in [1.165, 1.54) is 24.6 Å². The minimum atomic E-state index is -0.305. The van der Waals surface area contributed by atoms with E-state index >= 15 is 0 Å². The van der Waals surface area contributed by atoms with Crippen molar-refractivity contribution in [1.29, 1.82) is 0 Å². The van der Waals surface area contributed by atoms with Gasteiger partial charge in [-0.3, -0.25) is 9.59 Å². The Morgan fingerprint density at radius 3 is 2.39 bits per heavy atom. The molecule has 0 spiro atoms. The van der Waals surface area contributed by atoms with E-state index in [4.69, 9.17) is 0 Å². The number of hydrogen-bond acceptors (Lipinski definition) is 3. The topological polar surface area (TPSA) is 52.7 Å². The van der Waals surface area contributed by atoms with Gasteiger partial charge in [-0.05, 0) is 73.4 Å². The van der Waals surface area contributed by atoms with Crippen LogP contribution in [0, 0.1) is 17.6 Å². The first-order valence-corrected chi connectivity index (χ1v) is 13.1. The highest BCUT2D eigenvalue weighted by atomic mass is 19.1. The number of nitrogens with one attached hydrogen (secondary N) is 1. The van der Waals surface area contributed by atoms with Crippen LogP contribution in [0.1, 0.15) is 62.1 Å². The highest BCUT2D eigenvalue weighted by Crippen LogP contribution is 2.32. The zero-order valence-electron chi connectivity index (χ0n) is 21.1. The van der Waals surface area contributed by atoms with Crippen LogP contribution in [0.3, 0.4) is 0 Å². The average molecular weight is 498 g/mol. The Morgan fingerprint density at radius 1 is 1.03 bits per heavy atom. The number of amides is 2. The summed E-state index contributed by atoms with van der Waals surface area (Å²) < 4.78 is 27.1. The van der Waals surface area contributed by atoms with Crippen molar-refractivity contribution < 1.29 is 18.4 Å². The SMILES string of the molecule is CN(C(=O)CC1CCC1)[C@@H](CCN1CCC(NC(=O)Cc2ccc(F)cc2)CC1)c1cccc(F)c1. The maximum absolute atomic E-state index is 14.0. The van der Waals surface area contributed by atoms with Crippen molar-refractivity contribution in [2.45, 2.75) is 63.5 Å². The van der Waals surface area contributed by atoms with E-state index in [1.54, 1.807) is 24.3 Å². The number of rotatable bonds is 10. The van der Waals surface area contributed by atoms with E-state index in [2.05, 4.69) is 10.2 Å². The lowest BCUT2D eigenvalue weighted by atomic mass is 9.82. The number of nitrogens with zero attached hydrogens (tertiary/aromatic N) is 2. The number of piperidine rings is 1. The summed E-state index contributed by atoms with van der Waals surface area (Å²) in [5.41, 5.74) is 1.63. The van der Waals surface area contributed by atoms with Crippen LogP contribution < -0.4 is 5.32 Å². The smallest absolute Gasteiger partial charge is 0.224 e. The lowest BCUT2D eigenvalue weighted by Gasteiger charge is -2.36. The zero-order chi connectivity index (χ0) is 25.5. The minimum Gasteiger partial charge on any atom is -0.353 e. The summed E-state index contributed by atoms with van der Waals surface area (Å²) in [6, 6.07) is 12.6. The fourth-order valence-corrected chi connectivity index (χ4v) is 5.23. The second-order valence-electron chi connectivity index (χ2n) is 10.4. The summed E-state index contributed by atoms with van der Waals surface area (Å²) in [5.74, 6) is -0.00519. The molecule has 1 atom stereocenters. The number of likely N-dealkylation sites (tertiary alicyclic amines) is 1. The molecule has 1 aliphatic heterocycles. The van der Waals surface area contributed by atoms with Crippen LogP contribution in [0.15, 0.2) is 48.5 Å². The summed E-state index contributed by atoms with van der Waals surface area (Å²) in [6.45, 7) is 2.52. The Kier molecular flexibility index (Phi) is 9.08. The van der Waals surface area contributed by atoms with Gasteiger partial charge >= 0.3 is 0 Å². The van der Waals surface area contributed by atoms with Gasteiger partial charge in [0, 0.05) is 39.1 Å². The monoisotopic (exact) mass is 497 g/mol. The van der Waals surface area contributed by atoms with Crippen molar-refractivity contribution in [3.05, 3.63) is 71.3 Å². The van der Waals surface area contributed by atoms with Crippen molar-refractivity contribution in [2.24, 2.45) is 5.92 Å². The minimum absolute atomic E-state index is 0.0437. The Bertz CT molecular complexity index is 1020. The fraction of sp³-hybridized carbons (Fsp3) is 0.517. The molecule has 2 amide bonds. The van der Waals surface area contributed by atoms with Crippen LogP contribution in [0.25, 0.3) is 0 Å². The van der Waals surface area contributed by atoms with Gasteiger partial charge in [0.05, 0.1) is 12.5 Å². The molecule has 2 aliphatic rings. The van der Waals surface area contributed by atoms with Gasteiger partial charge < -0.3 is 15.1 Å². The molecule has 5 nitrogen and oxygen atoms in total. The molecule has 2 aromatic carbocycles. The summed E-state index contributed by atoms with van der Waals surface area (Å²) in [6.07, 6.45) is 6.73. The van der Waals surface area contributed by atoms with E-state index in [-0.39, 0.29) is 42.0 Å². The summed E-state index contributed by atoms with van der Waals surface area (Å²) in [5, 5.41) is 3.11. The van der Waals surface area contributed by atoms with Gasteiger partial charge in [-0.1, -0.05) is 30.7 Å². The lowest BCUT2D eigenvalue weighted by Crippen LogP contribution is -2.45. The molecule has 0 bridgehead atoms. The second-order valence-corrected chi connectivity index (χ2v) is 10.4. The Labute approximate surface area is 212 Å². The highest BCUT2D eigenvalue weighted by Gasteiger charge is 2.28. The molecule has 0 unspecified atom stereocenters. The average Bonchev–Trinajstić information content (AvgIpc) is 2.84. The largest absolute Gasteiger partial charge is 0.353 e. The van der Waals surface area contributed by atoms with Crippen molar-refractivity contribution >= 4 is 11.8 Å². The molecule has 1 saturated carbocycles. The van der Waals surface area contributed by atoms with Gasteiger partial charge in [-0.2, -0.15) is 0 Å². The second kappa shape index (κ2) is 12.4. The molecule has 1 aliphatic carbocycles. The van der Waals surface area contributed by atoms with Crippen LogP contribution in [-0.2, 0) is 16.0 Å². The van der Waals surface area contributed by atoms with Gasteiger partial charge in [-0.15, -0.1) is 0 Å². The van der Waals surface area contributed by atoms with Crippen molar-refractivity contribution in [3.63, 3.8) is 0 Å². The molecule has 2 fully saturated rings. The molecule has 194 valence electrons. The van der Waals surface area contributed by atoms with Gasteiger partial charge in [0.1, 0.15) is 11.6 Å². The van der Waals surface area contributed by atoms with Crippen molar-refractivity contribution in [1.82, 2.24) is 15.1 Å². The molecule has 1 heterocycles. The highest BCUT2D eigenvalue weighted by molar-refractivity contribution is 5.79. The molecule has 2 aromatic rings. The molecule has 1 N–H and O–H groups in total. The normalized spacial score (nSPS) is 17.9. The first-order valence-electron chi connectivity index (χ1n) is 13.1. The Hall–Kier alpha value is -2.80. The first-order chi connectivity index (χ1) is 17.4. The molecule has 1 saturated heterocycles. The molecule has 0 radical (unpaired) electrons. The third-order valence-corrected chi connectivity index (χ3v) is 7.73. The molecule has 7 heteroatoms. The molecular formula is C29H37F2N3O2. The number of halogens is 2. The van der Waals surface area contributed by atoms with Crippen LogP contribution in [0.2, 0.25) is 0 Å².